The molecular weight excluding hydrogens is 494 g/mol. The number of aliphatic hydroxyl groups excluding tert-OH is 1. The Labute approximate surface area is 224 Å². The van der Waals surface area contributed by atoms with Gasteiger partial charge in [0.2, 0.25) is 11.8 Å². The zero-order valence-electron chi connectivity index (χ0n) is 22.3. The quantitative estimate of drug-likeness (QED) is 0.214. The number of carbonyl (C=O) groups is 3. The summed E-state index contributed by atoms with van der Waals surface area (Å²) in [5.41, 5.74) is 0. The van der Waals surface area contributed by atoms with Crippen molar-refractivity contribution in [3.63, 3.8) is 0 Å². The first kappa shape index (κ1) is 28.4. The highest BCUT2D eigenvalue weighted by molar-refractivity contribution is 8.02. The fourth-order valence-electron chi connectivity index (χ4n) is 6.82. The number of nitrogens with zero attached hydrogens (tertiary/aromatic N) is 3. The number of ether oxygens (including phenoxy) is 2. The Hall–Kier alpha value is -1.62. The zero-order valence-corrected chi connectivity index (χ0v) is 23.1. The highest BCUT2D eigenvalue weighted by Crippen LogP contribution is 2.68. The molecule has 2 bridgehead atoms. The Bertz CT molecular complexity index is 852. The lowest BCUT2D eigenvalue weighted by Gasteiger charge is -2.41. The molecule has 4 aliphatic rings. The number of hydrogen-bond acceptors (Lipinski definition) is 8. The van der Waals surface area contributed by atoms with E-state index in [-0.39, 0.29) is 42.2 Å². The summed E-state index contributed by atoms with van der Waals surface area (Å²) in [4.78, 5) is 47.4. The van der Waals surface area contributed by atoms with Crippen molar-refractivity contribution in [2.45, 2.75) is 55.6 Å². The first-order valence-electron chi connectivity index (χ1n) is 13.9. The van der Waals surface area contributed by atoms with Crippen LogP contribution in [0.25, 0.3) is 0 Å². The van der Waals surface area contributed by atoms with Crippen molar-refractivity contribution in [3.8, 4) is 0 Å². The van der Waals surface area contributed by atoms with Crippen LogP contribution in [0.15, 0.2) is 12.7 Å². The van der Waals surface area contributed by atoms with Gasteiger partial charge in [0, 0.05) is 51.1 Å². The van der Waals surface area contributed by atoms with Crippen LogP contribution < -0.4 is 0 Å². The van der Waals surface area contributed by atoms with Crippen molar-refractivity contribution < 1.29 is 29.0 Å². The molecule has 4 aliphatic heterocycles. The summed E-state index contributed by atoms with van der Waals surface area (Å²) in [5, 5.41) is 9.22. The number of amides is 2. The minimum atomic E-state index is -0.633. The average Bonchev–Trinajstić information content (AvgIpc) is 3.48. The van der Waals surface area contributed by atoms with Gasteiger partial charge in [-0.3, -0.25) is 19.3 Å². The normalized spacial score (nSPS) is 33.0. The van der Waals surface area contributed by atoms with Crippen LogP contribution in [0.5, 0.6) is 0 Å². The van der Waals surface area contributed by atoms with E-state index >= 15 is 0 Å². The maximum absolute atomic E-state index is 14.4. The molecule has 0 saturated carbocycles. The zero-order chi connectivity index (χ0) is 26.6. The Morgan fingerprint density at radius 3 is 2.70 bits per heavy atom. The number of morpholine rings is 1. The van der Waals surface area contributed by atoms with Crippen LogP contribution in [0.4, 0.5) is 0 Å². The highest BCUT2D eigenvalue weighted by Gasteiger charge is 2.76. The smallest absolute Gasteiger partial charge is 0.310 e. The Kier molecular flexibility index (Phi) is 9.58. The number of likely N-dealkylation sites (tertiary alicyclic amines) is 1. The molecule has 2 amide bonds. The standard InChI is InChI=1S/C27H43N3O6S/c1-4-9-29(12-11-28-13-16-35-17-14-28)25(33)23-27-19(3)18-20(37-27)21(26(34)36-5-2)22(27)24(32)30(23)10-7-6-8-15-31/h4,19-23,31H,1,5-18H2,2-3H3/t19?,20-,21+,22-,23?,27?/m0/s1. The predicted molar refractivity (Wildman–Crippen MR) is 142 cm³/mol. The van der Waals surface area contributed by atoms with Gasteiger partial charge < -0.3 is 24.4 Å². The topological polar surface area (TPSA) is 99.6 Å². The molecule has 4 saturated heterocycles. The summed E-state index contributed by atoms with van der Waals surface area (Å²) in [6.45, 7) is 13.4. The van der Waals surface area contributed by atoms with E-state index in [1.54, 1.807) is 29.7 Å². The van der Waals surface area contributed by atoms with E-state index in [2.05, 4.69) is 18.4 Å². The second kappa shape index (κ2) is 12.5. The van der Waals surface area contributed by atoms with Gasteiger partial charge >= 0.3 is 5.97 Å². The van der Waals surface area contributed by atoms with E-state index in [4.69, 9.17) is 9.47 Å². The van der Waals surface area contributed by atoms with Crippen molar-refractivity contribution in [1.82, 2.24) is 14.7 Å². The number of thioether (sulfide) groups is 1. The summed E-state index contributed by atoms with van der Waals surface area (Å²) in [6.07, 6.45) is 4.70. The molecule has 9 nitrogen and oxygen atoms in total. The Morgan fingerprint density at radius 1 is 1.27 bits per heavy atom. The second-order valence-electron chi connectivity index (χ2n) is 10.6. The molecule has 1 spiro atoms. The molecular formula is C27H43N3O6S. The number of aliphatic hydroxyl groups is 1. The lowest BCUT2D eigenvalue weighted by molar-refractivity contribution is -0.154. The fourth-order valence-corrected chi connectivity index (χ4v) is 9.23. The third-order valence-corrected chi connectivity index (χ3v) is 10.6. The van der Waals surface area contributed by atoms with Crippen LogP contribution >= 0.6 is 11.8 Å². The molecule has 0 aromatic rings. The molecule has 37 heavy (non-hydrogen) atoms. The van der Waals surface area contributed by atoms with E-state index in [0.717, 1.165) is 32.5 Å². The summed E-state index contributed by atoms with van der Waals surface area (Å²) in [6, 6.07) is -0.617. The number of esters is 1. The van der Waals surface area contributed by atoms with Crippen LogP contribution in [-0.4, -0.2) is 119 Å². The Morgan fingerprint density at radius 2 is 2.03 bits per heavy atom. The van der Waals surface area contributed by atoms with Gasteiger partial charge in [0.15, 0.2) is 0 Å². The van der Waals surface area contributed by atoms with Gasteiger partial charge in [-0.05, 0) is 38.5 Å². The van der Waals surface area contributed by atoms with E-state index < -0.39 is 22.6 Å². The van der Waals surface area contributed by atoms with Gasteiger partial charge in [0.1, 0.15) is 6.04 Å². The number of unbranched alkanes of at least 4 members (excludes halogenated alkanes) is 2. The molecule has 4 rings (SSSR count). The lowest BCUT2D eigenvalue weighted by atomic mass is 9.66. The molecule has 3 unspecified atom stereocenters. The van der Waals surface area contributed by atoms with E-state index in [9.17, 15) is 19.5 Å². The molecule has 4 fully saturated rings. The van der Waals surface area contributed by atoms with Crippen molar-refractivity contribution in [3.05, 3.63) is 12.7 Å². The minimum absolute atomic E-state index is 0.00366. The van der Waals surface area contributed by atoms with E-state index in [0.29, 0.717) is 45.7 Å². The molecule has 0 radical (unpaired) electrons. The van der Waals surface area contributed by atoms with Gasteiger partial charge in [-0.1, -0.05) is 13.0 Å². The van der Waals surface area contributed by atoms with E-state index in [1.165, 1.54) is 0 Å². The van der Waals surface area contributed by atoms with Gasteiger partial charge in [-0.25, -0.2) is 0 Å². The molecule has 1 N–H and O–H groups in total. The summed E-state index contributed by atoms with van der Waals surface area (Å²) < 4.78 is 10.3. The Balaban J connectivity index is 1.63. The number of hydrogen-bond donors (Lipinski definition) is 1. The van der Waals surface area contributed by atoms with Crippen LogP contribution in [0.2, 0.25) is 0 Å². The van der Waals surface area contributed by atoms with Gasteiger partial charge in [-0.2, -0.15) is 0 Å². The molecule has 0 aromatic heterocycles. The summed E-state index contributed by atoms with van der Waals surface area (Å²) in [7, 11) is 0. The SMILES string of the molecule is C=CCN(CCN1CCOCC1)C(=O)C1N(CCCCCO)C(=O)[C@@H]2[C@H](C(=O)OCC)[C@@H]3CC(C)C12S3. The first-order valence-corrected chi connectivity index (χ1v) is 14.7. The second-order valence-corrected chi connectivity index (χ2v) is 12.2. The number of fused-ring (bicyclic) bond motifs is 1. The van der Waals surface area contributed by atoms with Gasteiger partial charge in [0.25, 0.3) is 0 Å². The first-order chi connectivity index (χ1) is 17.9. The molecule has 6 atom stereocenters. The number of rotatable bonds is 13. The maximum Gasteiger partial charge on any atom is 0.310 e. The molecule has 0 aliphatic carbocycles. The van der Waals surface area contributed by atoms with Crippen molar-refractivity contribution in [2.75, 3.05) is 65.7 Å². The number of carbonyl (C=O) groups excluding carboxylic acids is 3. The van der Waals surface area contributed by atoms with Crippen molar-refractivity contribution in [2.24, 2.45) is 17.8 Å². The summed E-state index contributed by atoms with van der Waals surface area (Å²) in [5.74, 6) is -1.36. The largest absolute Gasteiger partial charge is 0.466 e. The monoisotopic (exact) mass is 537 g/mol. The molecule has 208 valence electrons. The minimum Gasteiger partial charge on any atom is -0.466 e. The third kappa shape index (κ3) is 5.31. The van der Waals surface area contributed by atoms with E-state index in [1.807, 2.05) is 4.90 Å². The fraction of sp³-hybridized carbons (Fsp3) is 0.815. The summed E-state index contributed by atoms with van der Waals surface area (Å²) >= 11 is 1.69. The van der Waals surface area contributed by atoms with Crippen LogP contribution in [0.3, 0.4) is 0 Å². The maximum atomic E-state index is 14.4. The molecule has 4 heterocycles. The molecule has 10 heteroatoms. The van der Waals surface area contributed by atoms with Crippen LogP contribution in [0.1, 0.15) is 39.5 Å². The molecule has 0 aromatic carbocycles. The van der Waals surface area contributed by atoms with Crippen molar-refractivity contribution >= 4 is 29.5 Å². The van der Waals surface area contributed by atoms with Crippen molar-refractivity contribution in [1.29, 1.82) is 0 Å². The van der Waals surface area contributed by atoms with Gasteiger partial charge in [0.05, 0.1) is 36.4 Å². The van der Waals surface area contributed by atoms with Crippen LogP contribution in [-0.2, 0) is 23.9 Å². The predicted octanol–water partition coefficient (Wildman–Crippen LogP) is 1.40. The van der Waals surface area contributed by atoms with Crippen LogP contribution in [0, 0.1) is 17.8 Å². The highest BCUT2D eigenvalue weighted by atomic mass is 32.2. The average molecular weight is 538 g/mol. The van der Waals surface area contributed by atoms with Gasteiger partial charge in [-0.15, -0.1) is 18.3 Å². The lowest BCUT2D eigenvalue weighted by Crippen LogP contribution is -2.58. The third-order valence-electron chi connectivity index (χ3n) is 8.55.